The quantitative estimate of drug-likeness (QED) is 0.293. The van der Waals surface area contributed by atoms with Crippen LogP contribution in [-0.2, 0) is 27.4 Å². The van der Waals surface area contributed by atoms with Crippen LogP contribution in [0.25, 0.3) is 0 Å². The van der Waals surface area contributed by atoms with Crippen molar-refractivity contribution >= 4 is 11.8 Å². The van der Waals surface area contributed by atoms with E-state index in [1.807, 2.05) is 61.6 Å². The summed E-state index contributed by atoms with van der Waals surface area (Å²) in [5.74, 6) is 1.42. The van der Waals surface area contributed by atoms with E-state index in [1.165, 1.54) is 0 Å². The summed E-state index contributed by atoms with van der Waals surface area (Å²) in [7, 11) is 2.01. The number of nitrogens with zero attached hydrogens (tertiary/aromatic N) is 2. The highest BCUT2D eigenvalue weighted by molar-refractivity contribution is 5.90. The number of nitrogens with one attached hydrogen (secondary N) is 2. The van der Waals surface area contributed by atoms with Crippen LogP contribution < -0.4 is 15.4 Å². The lowest BCUT2D eigenvalue weighted by Gasteiger charge is -2.31. The molecule has 1 fully saturated rings. The first-order chi connectivity index (χ1) is 20.2. The van der Waals surface area contributed by atoms with Gasteiger partial charge >= 0.3 is 0 Å². The molecule has 0 saturated carbocycles. The van der Waals surface area contributed by atoms with Gasteiger partial charge in [0.05, 0.1) is 19.3 Å². The summed E-state index contributed by atoms with van der Waals surface area (Å²) in [6.45, 7) is 14.5. The van der Waals surface area contributed by atoms with Crippen LogP contribution in [0.1, 0.15) is 51.7 Å². The molecule has 0 aliphatic carbocycles. The van der Waals surface area contributed by atoms with Gasteiger partial charge in [-0.05, 0) is 61.5 Å². The molecule has 1 aliphatic heterocycles. The Labute approximate surface area is 253 Å². The molecule has 42 heavy (non-hydrogen) atoms. The van der Waals surface area contributed by atoms with E-state index < -0.39 is 6.04 Å². The van der Waals surface area contributed by atoms with Crippen molar-refractivity contribution in [2.24, 2.45) is 11.8 Å². The number of morpholine rings is 1. The Morgan fingerprint density at radius 1 is 0.929 bits per heavy atom. The van der Waals surface area contributed by atoms with E-state index in [-0.39, 0.29) is 17.9 Å². The van der Waals surface area contributed by atoms with E-state index in [1.54, 1.807) is 0 Å². The second-order valence-electron chi connectivity index (χ2n) is 12.2. The molecular formula is C34H52N4O4. The lowest BCUT2D eigenvalue weighted by atomic mass is 9.99. The summed E-state index contributed by atoms with van der Waals surface area (Å²) >= 11 is 0. The molecule has 2 aromatic carbocycles. The molecular weight excluding hydrogens is 528 g/mol. The highest BCUT2D eigenvalue weighted by Crippen LogP contribution is 2.17. The number of carbonyl (C=O) groups excluding carboxylic acids is 2. The fourth-order valence-electron chi connectivity index (χ4n) is 5.01. The second-order valence-corrected chi connectivity index (χ2v) is 12.2. The summed E-state index contributed by atoms with van der Waals surface area (Å²) in [6, 6.07) is 16.9. The molecule has 232 valence electrons. The van der Waals surface area contributed by atoms with Crippen LogP contribution in [0.15, 0.2) is 54.6 Å². The third-order valence-corrected chi connectivity index (χ3v) is 7.66. The van der Waals surface area contributed by atoms with Crippen LogP contribution in [0.3, 0.4) is 0 Å². The molecule has 2 atom stereocenters. The van der Waals surface area contributed by atoms with Crippen LogP contribution in [0.5, 0.6) is 5.75 Å². The predicted molar refractivity (Wildman–Crippen MR) is 168 cm³/mol. The summed E-state index contributed by atoms with van der Waals surface area (Å²) in [6.07, 6.45) is 2.15. The molecule has 2 aromatic rings. The first-order valence-electron chi connectivity index (χ1n) is 15.5. The van der Waals surface area contributed by atoms with Crippen molar-refractivity contribution in [1.82, 2.24) is 20.4 Å². The maximum atomic E-state index is 13.7. The van der Waals surface area contributed by atoms with Crippen LogP contribution >= 0.6 is 0 Å². The highest BCUT2D eigenvalue weighted by atomic mass is 16.5. The summed E-state index contributed by atoms with van der Waals surface area (Å²) < 4.78 is 11.4. The first kappa shape index (κ1) is 33.6. The third kappa shape index (κ3) is 12.1. The molecule has 1 heterocycles. The van der Waals surface area contributed by atoms with E-state index >= 15 is 0 Å². The average molecular weight is 581 g/mol. The molecule has 0 radical (unpaired) electrons. The SMILES string of the molecule is CC(C)CCN(C)[C@H](CC(C)C)C(=O)N[C@@H](Cc1ccc(OCc2ccccc2)cc1)C(=O)NCCN1CCOCC1. The Morgan fingerprint density at radius 3 is 2.26 bits per heavy atom. The summed E-state index contributed by atoms with van der Waals surface area (Å²) in [5, 5.41) is 6.21. The van der Waals surface area contributed by atoms with Crippen LogP contribution in [0, 0.1) is 11.8 Å². The van der Waals surface area contributed by atoms with E-state index in [2.05, 4.69) is 48.1 Å². The van der Waals surface area contributed by atoms with Crippen LogP contribution in [-0.4, -0.2) is 86.7 Å². The van der Waals surface area contributed by atoms with Gasteiger partial charge in [0.2, 0.25) is 11.8 Å². The highest BCUT2D eigenvalue weighted by Gasteiger charge is 2.29. The minimum atomic E-state index is -0.675. The van der Waals surface area contributed by atoms with Gasteiger partial charge < -0.3 is 20.1 Å². The predicted octanol–water partition coefficient (Wildman–Crippen LogP) is 4.13. The molecule has 2 N–H and O–H groups in total. The van der Waals surface area contributed by atoms with Gasteiger partial charge in [-0.2, -0.15) is 0 Å². The van der Waals surface area contributed by atoms with E-state index in [4.69, 9.17) is 9.47 Å². The fourth-order valence-corrected chi connectivity index (χ4v) is 5.01. The molecule has 0 unspecified atom stereocenters. The largest absolute Gasteiger partial charge is 0.489 e. The molecule has 2 amide bonds. The fraction of sp³-hybridized carbons (Fsp3) is 0.588. The minimum Gasteiger partial charge on any atom is -0.489 e. The standard InChI is InChI=1S/C34H52N4O4/c1-26(2)15-17-37(5)32(23-27(3)4)34(40)36-31(33(39)35-16-18-38-19-21-41-22-20-38)24-28-11-13-30(14-12-28)42-25-29-9-7-6-8-10-29/h6-14,26-27,31-32H,15-25H2,1-5H3,(H,35,39)(H,36,40)/t31-,32+/m0/s1. The van der Waals surface area contributed by atoms with Crippen molar-refractivity contribution in [2.45, 2.75) is 65.6 Å². The molecule has 8 nitrogen and oxygen atoms in total. The van der Waals surface area contributed by atoms with Crippen molar-refractivity contribution in [3.05, 3.63) is 65.7 Å². The average Bonchev–Trinajstić information content (AvgIpc) is 2.98. The van der Waals surface area contributed by atoms with Gasteiger partial charge in [0, 0.05) is 32.6 Å². The molecule has 3 rings (SSSR count). The molecule has 0 bridgehead atoms. The zero-order valence-corrected chi connectivity index (χ0v) is 26.3. The Morgan fingerprint density at radius 2 is 1.62 bits per heavy atom. The van der Waals surface area contributed by atoms with Gasteiger partial charge in [-0.25, -0.2) is 0 Å². The van der Waals surface area contributed by atoms with Gasteiger partial charge in [0.1, 0.15) is 18.4 Å². The second kappa shape index (κ2) is 17.9. The minimum absolute atomic E-state index is 0.0916. The zero-order valence-electron chi connectivity index (χ0n) is 26.3. The number of benzene rings is 2. The molecule has 0 aromatic heterocycles. The lowest BCUT2D eigenvalue weighted by Crippen LogP contribution is -2.55. The van der Waals surface area contributed by atoms with E-state index in [0.717, 1.165) is 69.1 Å². The molecule has 0 spiro atoms. The first-order valence-corrected chi connectivity index (χ1v) is 15.5. The number of ether oxygens (including phenoxy) is 2. The van der Waals surface area contributed by atoms with Crippen molar-refractivity contribution < 1.29 is 19.1 Å². The number of rotatable bonds is 17. The van der Waals surface area contributed by atoms with Gasteiger partial charge in [-0.15, -0.1) is 0 Å². The van der Waals surface area contributed by atoms with Crippen molar-refractivity contribution in [3.8, 4) is 5.75 Å². The van der Waals surface area contributed by atoms with Gasteiger partial charge in [-0.1, -0.05) is 70.2 Å². The third-order valence-electron chi connectivity index (χ3n) is 7.66. The normalized spacial score (nSPS) is 15.5. The Kier molecular flexibility index (Phi) is 14.3. The maximum Gasteiger partial charge on any atom is 0.242 e. The van der Waals surface area contributed by atoms with E-state index in [0.29, 0.717) is 31.4 Å². The Bertz CT molecular complexity index is 1050. The van der Waals surface area contributed by atoms with Crippen molar-refractivity contribution in [1.29, 1.82) is 0 Å². The Hall–Kier alpha value is -2.94. The zero-order chi connectivity index (χ0) is 30.3. The van der Waals surface area contributed by atoms with Crippen molar-refractivity contribution in [3.63, 3.8) is 0 Å². The number of amides is 2. The van der Waals surface area contributed by atoms with Gasteiger partial charge in [0.25, 0.3) is 0 Å². The topological polar surface area (TPSA) is 83.1 Å². The molecule has 8 heteroatoms. The number of hydrogen-bond donors (Lipinski definition) is 2. The van der Waals surface area contributed by atoms with Crippen LogP contribution in [0.2, 0.25) is 0 Å². The summed E-state index contributed by atoms with van der Waals surface area (Å²) in [5.41, 5.74) is 2.07. The van der Waals surface area contributed by atoms with Gasteiger partial charge in [-0.3, -0.25) is 19.4 Å². The maximum absolute atomic E-state index is 13.7. The molecule has 1 aliphatic rings. The number of likely N-dealkylation sites (N-methyl/N-ethyl adjacent to an activating group) is 1. The lowest BCUT2D eigenvalue weighted by molar-refractivity contribution is -0.132. The number of carbonyl (C=O) groups is 2. The number of hydrogen-bond acceptors (Lipinski definition) is 6. The molecule has 1 saturated heterocycles. The smallest absolute Gasteiger partial charge is 0.242 e. The van der Waals surface area contributed by atoms with Crippen molar-refractivity contribution in [2.75, 3.05) is 53.0 Å². The van der Waals surface area contributed by atoms with Crippen LogP contribution in [0.4, 0.5) is 0 Å². The Balaban J connectivity index is 1.67. The van der Waals surface area contributed by atoms with Gasteiger partial charge in [0.15, 0.2) is 0 Å². The van der Waals surface area contributed by atoms with E-state index in [9.17, 15) is 9.59 Å². The summed E-state index contributed by atoms with van der Waals surface area (Å²) in [4.78, 5) is 31.6. The monoisotopic (exact) mass is 580 g/mol.